The number of nitrogens with zero attached hydrogens (tertiary/aromatic N) is 1. The summed E-state index contributed by atoms with van der Waals surface area (Å²) in [7, 11) is 0. The molecule has 0 saturated carbocycles. The van der Waals surface area contributed by atoms with E-state index in [4.69, 9.17) is 17.3 Å². The Bertz CT molecular complexity index is 735. The van der Waals surface area contributed by atoms with Gasteiger partial charge in [-0.1, -0.05) is 23.7 Å². The van der Waals surface area contributed by atoms with Crippen molar-refractivity contribution < 1.29 is 9.59 Å². The monoisotopic (exact) mass is 286 g/mol. The number of carbonyl (C=O) groups is 2. The summed E-state index contributed by atoms with van der Waals surface area (Å²) in [4.78, 5) is 26.0. The Labute approximate surface area is 120 Å². The molecule has 3 rings (SSSR count). The molecule has 0 fully saturated rings. The number of amides is 2. The lowest BCUT2D eigenvalue weighted by atomic mass is 10.1. The summed E-state index contributed by atoms with van der Waals surface area (Å²) in [5.74, 6) is -0.769. The van der Waals surface area contributed by atoms with Gasteiger partial charge >= 0.3 is 0 Å². The van der Waals surface area contributed by atoms with Crippen molar-refractivity contribution >= 4 is 34.8 Å². The van der Waals surface area contributed by atoms with Crippen LogP contribution in [0, 0.1) is 6.92 Å². The zero-order valence-electron chi connectivity index (χ0n) is 10.7. The van der Waals surface area contributed by atoms with Gasteiger partial charge in [0.2, 0.25) is 0 Å². The summed E-state index contributed by atoms with van der Waals surface area (Å²) in [5.41, 5.74) is 7.98. The topological polar surface area (TPSA) is 63.4 Å². The van der Waals surface area contributed by atoms with Crippen molar-refractivity contribution in [3.8, 4) is 0 Å². The molecule has 0 radical (unpaired) electrons. The lowest BCUT2D eigenvalue weighted by Gasteiger charge is -2.17. The standard InChI is InChI=1S/C15H11ClN2O2/c1-8-3-2-4-12(16)13(8)18-14(19)10-6-5-9(17)7-11(10)15(18)20/h2-7H,17H2,1H3. The van der Waals surface area contributed by atoms with Gasteiger partial charge in [0.1, 0.15) is 0 Å². The number of carbonyl (C=O) groups excluding carboxylic acids is 2. The van der Waals surface area contributed by atoms with Gasteiger partial charge in [0.15, 0.2) is 0 Å². The third-order valence-corrected chi connectivity index (χ3v) is 3.63. The maximum absolute atomic E-state index is 12.5. The molecule has 2 aromatic rings. The molecular weight excluding hydrogens is 276 g/mol. The second-order valence-corrected chi connectivity index (χ2v) is 5.06. The van der Waals surface area contributed by atoms with Gasteiger partial charge < -0.3 is 5.73 Å². The fraction of sp³-hybridized carbons (Fsp3) is 0.0667. The molecule has 0 aliphatic carbocycles. The second kappa shape index (κ2) is 4.35. The van der Waals surface area contributed by atoms with E-state index in [1.807, 2.05) is 0 Å². The van der Waals surface area contributed by atoms with Crippen molar-refractivity contribution in [3.05, 3.63) is 58.1 Å². The average Bonchev–Trinajstić information content (AvgIpc) is 2.63. The Kier molecular flexibility index (Phi) is 2.76. The van der Waals surface area contributed by atoms with E-state index < -0.39 is 5.91 Å². The minimum atomic E-state index is -0.395. The second-order valence-electron chi connectivity index (χ2n) is 4.66. The fourth-order valence-electron chi connectivity index (χ4n) is 2.37. The number of halogens is 1. The van der Waals surface area contributed by atoms with Crippen molar-refractivity contribution in [1.82, 2.24) is 0 Å². The van der Waals surface area contributed by atoms with E-state index in [0.717, 1.165) is 10.5 Å². The summed E-state index contributed by atoms with van der Waals surface area (Å²) in [6, 6.07) is 9.92. The molecule has 20 heavy (non-hydrogen) atoms. The highest BCUT2D eigenvalue weighted by atomic mass is 35.5. The SMILES string of the molecule is Cc1cccc(Cl)c1N1C(=O)c2ccc(N)cc2C1=O. The van der Waals surface area contributed by atoms with E-state index in [9.17, 15) is 9.59 Å². The number of benzene rings is 2. The third kappa shape index (κ3) is 1.69. The minimum Gasteiger partial charge on any atom is -0.399 e. The van der Waals surface area contributed by atoms with E-state index >= 15 is 0 Å². The lowest BCUT2D eigenvalue weighted by Crippen LogP contribution is -2.30. The summed E-state index contributed by atoms with van der Waals surface area (Å²) in [6.45, 7) is 1.80. The van der Waals surface area contributed by atoms with Crippen LogP contribution in [0.15, 0.2) is 36.4 Å². The smallest absolute Gasteiger partial charge is 0.266 e. The largest absolute Gasteiger partial charge is 0.399 e. The van der Waals surface area contributed by atoms with Gasteiger partial charge in [-0.25, -0.2) is 4.90 Å². The van der Waals surface area contributed by atoms with Crippen LogP contribution in [0.4, 0.5) is 11.4 Å². The van der Waals surface area contributed by atoms with Gasteiger partial charge in [0.25, 0.3) is 11.8 Å². The van der Waals surface area contributed by atoms with Gasteiger partial charge in [-0.15, -0.1) is 0 Å². The Balaban J connectivity index is 2.20. The first-order chi connectivity index (χ1) is 9.50. The molecule has 0 unspecified atom stereocenters. The highest BCUT2D eigenvalue weighted by Crippen LogP contribution is 2.36. The number of nitrogens with two attached hydrogens (primary N) is 1. The van der Waals surface area contributed by atoms with Crippen LogP contribution in [0.1, 0.15) is 26.3 Å². The van der Waals surface area contributed by atoms with E-state index in [-0.39, 0.29) is 5.91 Å². The number of fused-ring (bicyclic) bond motifs is 1. The molecule has 5 heteroatoms. The Morgan fingerprint density at radius 3 is 2.45 bits per heavy atom. The molecule has 100 valence electrons. The first kappa shape index (κ1) is 12.7. The molecule has 0 saturated heterocycles. The van der Waals surface area contributed by atoms with Crippen molar-refractivity contribution in [2.75, 3.05) is 10.6 Å². The maximum Gasteiger partial charge on any atom is 0.266 e. The van der Waals surface area contributed by atoms with E-state index in [0.29, 0.717) is 27.5 Å². The quantitative estimate of drug-likeness (QED) is 0.647. The molecule has 2 aromatic carbocycles. The first-order valence-electron chi connectivity index (χ1n) is 6.04. The van der Waals surface area contributed by atoms with E-state index in [1.54, 1.807) is 37.3 Å². The third-order valence-electron chi connectivity index (χ3n) is 3.32. The number of para-hydroxylation sites is 1. The van der Waals surface area contributed by atoms with Crippen LogP contribution in [0.2, 0.25) is 5.02 Å². The zero-order chi connectivity index (χ0) is 14.4. The average molecular weight is 287 g/mol. The van der Waals surface area contributed by atoms with Crippen molar-refractivity contribution in [1.29, 1.82) is 0 Å². The zero-order valence-corrected chi connectivity index (χ0v) is 11.4. The van der Waals surface area contributed by atoms with Gasteiger partial charge in [-0.05, 0) is 36.8 Å². The first-order valence-corrected chi connectivity index (χ1v) is 6.42. The number of rotatable bonds is 1. The van der Waals surface area contributed by atoms with Gasteiger partial charge in [-0.2, -0.15) is 0 Å². The highest BCUT2D eigenvalue weighted by Gasteiger charge is 2.38. The van der Waals surface area contributed by atoms with Crippen LogP contribution in [0.3, 0.4) is 0 Å². The molecule has 2 amide bonds. The summed E-state index contributed by atoms with van der Waals surface area (Å²) < 4.78 is 0. The van der Waals surface area contributed by atoms with E-state index in [1.165, 1.54) is 6.07 Å². The molecule has 1 heterocycles. The molecule has 4 nitrogen and oxygen atoms in total. The predicted octanol–water partition coefficient (Wildman–Crippen LogP) is 3.03. The Morgan fingerprint density at radius 1 is 1.05 bits per heavy atom. The van der Waals surface area contributed by atoms with Crippen LogP contribution in [0.25, 0.3) is 0 Å². The fourth-order valence-corrected chi connectivity index (χ4v) is 2.67. The van der Waals surface area contributed by atoms with Crippen molar-refractivity contribution in [2.45, 2.75) is 6.92 Å². The lowest BCUT2D eigenvalue weighted by molar-refractivity contribution is 0.0926. The number of hydrogen-bond acceptors (Lipinski definition) is 3. The van der Waals surface area contributed by atoms with Gasteiger partial charge in [0.05, 0.1) is 21.8 Å². The summed E-state index contributed by atoms with van der Waals surface area (Å²) >= 11 is 6.14. The van der Waals surface area contributed by atoms with Crippen molar-refractivity contribution in [3.63, 3.8) is 0 Å². The predicted molar refractivity (Wildman–Crippen MR) is 78.2 cm³/mol. The Morgan fingerprint density at radius 2 is 1.75 bits per heavy atom. The number of hydrogen-bond donors (Lipinski definition) is 1. The number of nitrogen functional groups attached to an aromatic ring is 1. The number of aryl methyl sites for hydroxylation is 1. The van der Waals surface area contributed by atoms with Gasteiger partial charge in [0, 0.05) is 5.69 Å². The molecule has 0 atom stereocenters. The van der Waals surface area contributed by atoms with E-state index in [2.05, 4.69) is 0 Å². The highest BCUT2D eigenvalue weighted by molar-refractivity contribution is 6.40. The van der Waals surface area contributed by atoms with Crippen LogP contribution in [0.5, 0.6) is 0 Å². The molecule has 2 N–H and O–H groups in total. The van der Waals surface area contributed by atoms with Crippen molar-refractivity contribution in [2.24, 2.45) is 0 Å². The van der Waals surface area contributed by atoms with Crippen LogP contribution in [-0.2, 0) is 0 Å². The normalized spacial score (nSPS) is 13.8. The van der Waals surface area contributed by atoms with Crippen LogP contribution < -0.4 is 10.6 Å². The summed E-state index contributed by atoms with van der Waals surface area (Å²) in [6.07, 6.45) is 0. The molecule has 0 aromatic heterocycles. The molecule has 0 bridgehead atoms. The van der Waals surface area contributed by atoms with Crippen LogP contribution in [-0.4, -0.2) is 11.8 Å². The minimum absolute atomic E-state index is 0.314. The molecular formula is C15H11ClN2O2. The number of anilines is 2. The Hall–Kier alpha value is -2.33. The molecule has 0 spiro atoms. The van der Waals surface area contributed by atoms with Crippen LogP contribution >= 0.6 is 11.6 Å². The number of imide groups is 1. The molecule has 1 aliphatic rings. The molecule has 1 aliphatic heterocycles. The van der Waals surface area contributed by atoms with Gasteiger partial charge in [-0.3, -0.25) is 9.59 Å². The summed E-state index contributed by atoms with van der Waals surface area (Å²) in [5, 5.41) is 0.368. The maximum atomic E-state index is 12.5.